The summed E-state index contributed by atoms with van der Waals surface area (Å²) in [6.07, 6.45) is 5.08. The van der Waals surface area contributed by atoms with Gasteiger partial charge in [0.1, 0.15) is 0 Å². The lowest BCUT2D eigenvalue weighted by Crippen LogP contribution is -2.45. The molecule has 1 aromatic heterocycles. The molecule has 2 atom stereocenters. The van der Waals surface area contributed by atoms with Crippen LogP contribution in [0, 0.1) is 5.92 Å². The number of carbonyl (C=O) groups is 2. The molecule has 23 heavy (non-hydrogen) atoms. The number of hydrogen-bond donors (Lipinski definition) is 3. The number of aliphatic hydroxyl groups is 1. The van der Waals surface area contributed by atoms with Crippen molar-refractivity contribution in [2.45, 2.75) is 31.8 Å². The maximum absolute atomic E-state index is 12.5. The van der Waals surface area contributed by atoms with Gasteiger partial charge in [-0.1, -0.05) is 18.2 Å². The molecule has 1 heterocycles. The van der Waals surface area contributed by atoms with Crippen LogP contribution in [-0.4, -0.2) is 46.3 Å². The van der Waals surface area contributed by atoms with Crippen LogP contribution in [0.5, 0.6) is 0 Å². The maximum Gasteiger partial charge on any atom is 0.318 e. The minimum atomic E-state index is -0.862. The number of carbonyl (C=O) groups excluding carboxylic acids is 1. The topological polar surface area (TPSA) is 89.9 Å². The Kier molecular flexibility index (Phi) is 6.61. The average Bonchev–Trinajstić information content (AvgIpc) is 3.19. The second-order valence-corrected chi connectivity index (χ2v) is 6.60. The van der Waals surface area contributed by atoms with Gasteiger partial charge < -0.3 is 20.4 Å². The van der Waals surface area contributed by atoms with Crippen molar-refractivity contribution in [3.8, 4) is 0 Å². The summed E-state index contributed by atoms with van der Waals surface area (Å²) in [5.74, 6) is -0.773. The summed E-state index contributed by atoms with van der Waals surface area (Å²) in [7, 11) is 0. The predicted octanol–water partition coefficient (Wildman–Crippen LogP) is 2.06. The molecule has 0 radical (unpaired) electrons. The van der Waals surface area contributed by atoms with Crippen LogP contribution in [0.2, 0.25) is 0 Å². The van der Waals surface area contributed by atoms with E-state index in [1.54, 1.807) is 16.2 Å². The number of rotatable bonds is 8. The third-order valence-electron chi connectivity index (χ3n) is 3.80. The predicted molar refractivity (Wildman–Crippen MR) is 88.3 cm³/mol. The number of urea groups is 1. The van der Waals surface area contributed by atoms with Gasteiger partial charge in [0.25, 0.3) is 0 Å². The van der Waals surface area contributed by atoms with E-state index in [0.29, 0.717) is 25.9 Å². The number of nitrogens with zero attached hydrogens (tertiary/aromatic N) is 1. The molecule has 0 bridgehead atoms. The summed E-state index contributed by atoms with van der Waals surface area (Å²) >= 11 is 1.59. The van der Waals surface area contributed by atoms with Crippen molar-refractivity contribution in [1.29, 1.82) is 0 Å². The summed E-state index contributed by atoms with van der Waals surface area (Å²) in [4.78, 5) is 25.8. The van der Waals surface area contributed by atoms with Gasteiger partial charge in [0.15, 0.2) is 0 Å². The van der Waals surface area contributed by atoms with Crippen molar-refractivity contribution < 1.29 is 19.8 Å². The van der Waals surface area contributed by atoms with E-state index in [1.165, 1.54) is 0 Å². The van der Waals surface area contributed by atoms with Gasteiger partial charge in [-0.2, -0.15) is 0 Å². The molecule has 126 valence electrons. The Balaban J connectivity index is 1.94. The Morgan fingerprint density at radius 2 is 2.22 bits per heavy atom. The van der Waals surface area contributed by atoms with E-state index in [9.17, 15) is 14.7 Å². The average molecular weight is 338 g/mol. The number of carboxylic acids is 1. The minimum absolute atomic E-state index is 0.0428. The molecule has 0 saturated heterocycles. The Morgan fingerprint density at radius 3 is 2.83 bits per heavy atom. The number of hydrogen-bond acceptors (Lipinski definition) is 4. The largest absolute Gasteiger partial charge is 0.481 e. The fourth-order valence-electron chi connectivity index (χ4n) is 2.57. The van der Waals surface area contributed by atoms with Crippen molar-refractivity contribution >= 4 is 23.3 Å². The summed E-state index contributed by atoms with van der Waals surface area (Å²) in [6, 6.07) is 3.69. The van der Waals surface area contributed by atoms with Gasteiger partial charge in [0, 0.05) is 30.4 Å². The van der Waals surface area contributed by atoms with Crippen LogP contribution < -0.4 is 5.32 Å². The van der Waals surface area contributed by atoms with E-state index < -0.39 is 5.97 Å². The minimum Gasteiger partial charge on any atom is -0.481 e. The van der Waals surface area contributed by atoms with Crippen molar-refractivity contribution in [3.05, 3.63) is 34.5 Å². The zero-order valence-electron chi connectivity index (χ0n) is 12.9. The Labute approximate surface area is 139 Å². The fraction of sp³-hybridized carbons (Fsp3) is 0.500. The Bertz CT molecular complexity index is 544. The quantitative estimate of drug-likeness (QED) is 0.500. The molecule has 0 aliphatic heterocycles. The van der Waals surface area contributed by atoms with E-state index in [4.69, 9.17) is 5.11 Å². The zero-order chi connectivity index (χ0) is 16.7. The second kappa shape index (κ2) is 8.69. The normalized spacial score (nSPS) is 19.7. The Morgan fingerprint density at radius 1 is 1.39 bits per heavy atom. The first-order chi connectivity index (χ1) is 11.1. The van der Waals surface area contributed by atoms with Crippen molar-refractivity contribution in [2.24, 2.45) is 5.92 Å². The smallest absolute Gasteiger partial charge is 0.318 e. The molecule has 0 aromatic carbocycles. The van der Waals surface area contributed by atoms with Crippen LogP contribution in [0.1, 0.15) is 24.1 Å². The van der Waals surface area contributed by atoms with Crippen molar-refractivity contribution in [3.63, 3.8) is 0 Å². The monoisotopic (exact) mass is 338 g/mol. The second-order valence-electron chi connectivity index (χ2n) is 5.57. The molecule has 2 amide bonds. The fourth-order valence-corrected chi connectivity index (χ4v) is 3.27. The van der Waals surface area contributed by atoms with E-state index >= 15 is 0 Å². The molecule has 2 rings (SSSR count). The van der Waals surface area contributed by atoms with E-state index in [-0.39, 0.29) is 31.0 Å². The highest BCUT2D eigenvalue weighted by Crippen LogP contribution is 2.24. The molecule has 0 fully saturated rings. The number of nitrogens with one attached hydrogen (secondary N) is 1. The molecule has 0 unspecified atom stereocenters. The summed E-state index contributed by atoms with van der Waals surface area (Å²) in [5.41, 5.74) is 0. The lowest BCUT2D eigenvalue weighted by molar-refractivity contribution is -0.137. The zero-order valence-corrected chi connectivity index (χ0v) is 13.7. The van der Waals surface area contributed by atoms with E-state index in [0.717, 1.165) is 4.88 Å². The summed E-state index contributed by atoms with van der Waals surface area (Å²) in [5, 5.41) is 22.7. The maximum atomic E-state index is 12.5. The number of carboxylic acid groups (broad SMARTS) is 1. The van der Waals surface area contributed by atoms with Crippen LogP contribution in [0.3, 0.4) is 0 Å². The Hall–Kier alpha value is -1.86. The molecular weight excluding hydrogens is 316 g/mol. The number of thiophene rings is 1. The molecule has 7 heteroatoms. The van der Waals surface area contributed by atoms with Gasteiger partial charge >= 0.3 is 12.0 Å². The van der Waals surface area contributed by atoms with Crippen molar-refractivity contribution in [1.82, 2.24) is 10.2 Å². The highest BCUT2D eigenvalue weighted by atomic mass is 32.1. The van der Waals surface area contributed by atoms with Crippen molar-refractivity contribution in [2.75, 3.05) is 13.2 Å². The number of aliphatic hydroxyl groups excluding tert-OH is 1. The third kappa shape index (κ3) is 5.37. The number of amides is 2. The standard InChI is InChI=1S/C16H22N2O4S/c19-11-12-5-6-13(9-12)18(10-14-3-2-8-23-14)16(22)17-7-1-4-15(20)21/h2-3,5-6,8,12-13,19H,1,4,7,9-11H2,(H,17,22)(H,20,21)/t12-,13+/m0/s1. The third-order valence-corrected chi connectivity index (χ3v) is 4.66. The summed E-state index contributed by atoms with van der Waals surface area (Å²) < 4.78 is 0. The highest BCUT2D eigenvalue weighted by molar-refractivity contribution is 7.09. The van der Waals surface area contributed by atoms with Gasteiger partial charge in [0.05, 0.1) is 12.6 Å². The van der Waals surface area contributed by atoms with Crippen LogP contribution in [-0.2, 0) is 11.3 Å². The van der Waals surface area contributed by atoms with Gasteiger partial charge in [0.2, 0.25) is 0 Å². The van der Waals surface area contributed by atoms with Crippen LogP contribution >= 0.6 is 11.3 Å². The molecule has 1 aliphatic carbocycles. The highest BCUT2D eigenvalue weighted by Gasteiger charge is 2.27. The lowest BCUT2D eigenvalue weighted by atomic mass is 10.1. The first kappa shape index (κ1) is 17.5. The molecule has 3 N–H and O–H groups in total. The lowest BCUT2D eigenvalue weighted by Gasteiger charge is -2.28. The first-order valence-corrected chi connectivity index (χ1v) is 8.56. The molecule has 0 spiro atoms. The SMILES string of the molecule is O=C(O)CCCNC(=O)N(Cc1cccs1)[C@@H]1C=C[C@H](CO)C1. The van der Waals surface area contributed by atoms with Crippen LogP contribution in [0.4, 0.5) is 4.79 Å². The van der Waals surface area contributed by atoms with E-state index in [1.807, 2.05) is 29.7 Å². The van der Waals surface area contributed by atoms with Gasteiger partial charge in [-0.3, -0.25) is 4.79 Å². The van der Waals surface area contributed by atoms with E-state index in [2.05, 4.69) is 5.32 Å². The van der Waals surface area contributed by atoms with Crippen LogP contribution in [0.15, 0.2) is 29.7 Å². The molecular formula is C16H22N2O4S. The van der Waals surface area contributed by atoms with Crippen LogP contribution in [0.25, 0.3) is 0 Å². The molecule has 0 saturated carbocycles. The van der Waals surface area contributed by atoms with Gasteiger partial charge in [-0.25, -0.2) is 4.79 Å². The molecule has 1 aromatic rings. The van der Waals surface area contributed by atoms with Gasteiger partial charge in [-0.05, 0) is 24.3 Å². The number of aliphatic carboxylic acids is 1. The first-order valence-electron chi connectivity index (χ1n) is 7.68. The molecule has 1 aliphatic rings. The van der Waals surface area contributed by atoms with Gasteiger partial charge in [-0.15, -0.1) is 11.3 Å². The summed E-state index contributed by atoms with van der Waals surface area (Å²) in [6.45, 7) is 0.932. The molecule has 6 nitrogen and oxygen atoms in total.